The van der Waals surface area contributed by atoms with Gasteiger partial charge in [-0.1, -0.05) is 19.1 Å². The van der Waals surface area contributed by atoms with Gasteiger partial charge < -0.3 is 15.2 Å². The van der Waals surface area contributed by atoms with Gasteiger partial charge in [0.25, 0.3) is 0 Å². The molecule has 0 saturated heterocycles. The van der Waals surface area contributed by atoms with E-state index in [1.165, 1.54) is 0 Å². The monoisotopic (exact) mass is 237 g/mol. The number of hydrogen-bond acceptors (Lipinski definition) is 3. The van der Waals surface area contributed by atoms with Gasteiger partial charge in [0.2, 0.25) is 0 Å². The molecule has 17 heavy (non-hydrogen) atoms. The molecule has 0 heterocycles. The summed E-state index contributed by atoms with van der Waals surface area (Å²) in [4.78, 5) is 0. The van der Waals surface area contributed by atoms with E-state index in [2.05, 4.69) is 19.1 Å². The summed E-state index contributed by atoms with van der Waals surface area (Å²) in [5.74, 6) is 0.960. The van der Waals surface area contributed by atoms with E-state index in [-0.39, 0.29) is 0 Å². The van der Waals surface area contributed by atoms with E-state index in [0.717, 1.165) is 35.5 Å². The van der Waals surface area contributed by atoms with Crippen molar-refractivity contribution in [2.75, 3.05) is 19.8 Å². The topological polar surface area (TPSA) is 44.5 Å². The van der Waals surface area contributed by atoms with Crippen LogP contribution < -0.4 is 10.5 Å². The van der Waals surface area contributed by atoms with Crippen LogP contribution in [-0.2, 0) is 11.3 Å². The zero-order chi connectivity index (χ0) is 12.7. The maximum absolute atomic E-state index is 5.75. The highest BCUT2D eigenvalue weighted by Gasteiger charge is 2.05. The van der Waals surface area contributed by atoms with Crippen LogP contribution in [0.3, 0.4) is 0 Å². The second-order valence-corrected chi connectivity index (χ2v) is 4.22. The zero-order valence-electron chi connectivity index (χ0n) is 11.1. The van der Waals surface area contributed by atoms with Gasteiger partial charge in [0.05, 0.1) is 6.61 Å². The van der Waals surface area contributed by atoms with Gasteiger partial charge in [0.1, 0.15) is 12.4 Å². The molecule has 3 heteroatoms. The Labute approximate surface area is 104 Å². The van der Waals surface area contributed by atoms with Gasteiger partial charge in [-0.2, -0.15) is 0 Å². The van der Waals surface area contributed by atoms with Crippen LogP contribution in [-0.4, -0.2) is 19.8 Å². The third kappa shape index (κ3) is 4.36. The first-order valence-corrected chi connectivity index (χ1v) is 6.19. The minimum atomic E-state index is 0.571. The first-order chi connectivity index (χ1) is 8.19. The minimum absolute atomic E-state index is 0.571. The summed E-state index contributed by atoms with van der Waals surface area (Å²) in [6, 6.07) is 4.16. The Kier molecular flexibility index (Phi) is 6.01. The number of benzene rings is 1. The average Bonchev–Trinajstić information content (AvgIpc) is 2.31. The highest BCUT2D eigenvalue weighted by molar-refractivity contribution is 5.43. The molecule has 0 spiro atoms. The fraction of sp³-hybridized carbons (Fsp3) is 0.571. The van der Waals surface area contributed by atoms with Crippen molar-refractivity contribution in [2.24, 2.45) is 5.73 Å². The molecule has 0 aliphatic rings. The fourth-order valence-electron chi connectivity index (χ4n) is 1.83. The van der Waals surface area contributed by atoms with Crippen molar-refractivity contribution in [3.63, 3.8) is 0 Å². The van der Waals surface area contributed by atoms with E-state index in [4.69, 9.17) is 15.2 Å². The van der Waals surface area contributed by atoms with E-state index >= 15 is 0 Å². The van der Waals surface area contributed by atoms with Crippen LogP contribution in [0.4, 0.5) is 0 Å². The lowest BCUT2D eigenvalue weighted by Gasteiger charge is -2.13. The Morgan fingerprint density at radius 1 is 1.06 bits per heavy atom. The molecule has 0 aliphatic carbocycles. The maximum Gasteiger partial charge on any atom is 0.125 e. The largest absolute Gasteiger partial charge is 0.491 e. The molecule has 0 bridgehead atoms. The van der Waals surface area contributed by atoms with Gasteiger partial charge in [0, 0.05) is 13.2 Å². The lowest BCUT2D eigenvalue weighted by atomic mass is 10.1. The van der Waals surface area contributed by atoms with Gasteiger partial charge in [0.15, 0.2) is 0 Å². The van der Waals surface area contributed by atoms with E-state index in [1.807, 2.05) is 13.8 Å². The summed E-state index contributed by atoms with van der Waals surface area (Å²) < 4.78 is 11.1. The van der Waals surface area contributed by atoms with Gasteiger partial charge in [-0.25, -0.2) is 0 Å². The quantitative estimate of drug-likeness (QED) is 0.741. The highest BCUT2D eigenvalue weighted by Crippen LogP contribution is 2.24. The zero-order valence-corrected chi connectivity index (χ0v) is 11.1. The van der Waals surface area contributed by atoms with Crippen molar-refractivity contribution in [1.29, 1.82) is 0 Å². The lowest BCUT2D eigenvalue weighted by Crippen LogP contribution is -2.09. The molecule has 0 unspecified atom stereocenters. The van der Waals surface area contributed by atoms with Gasteiger partial charge >= 0.3 is 0 Å². The standard InChI is InChI=1S/C14H23NO2/c1-4-5-16-6-7-17-14-11(2)8-13(10-15)9-12(14)3/h8-9H,4-7,10,15H2,1-3H3. The summed E-state index contributed by atoms with van der Waals surface area (Å²) in [7, 11) is 0. The van der Waals surface area contributed by atoms with Crippen LogP contribution in [0.25, 0.3) is 0 Å². The second kappa shape index (κ2) is 7.30. The van der Waals surface area contributed by atoms with E-state index in [1.54, 1.807) is 0 Å². The first kappa shape index (κ1) is 14.0. The summed E-state index contributed by atoms with van der Waals surface area (Å²) in [6.45, 7) is 8.81. The number of rotatable bonds is 7. The van der Waals surface area contributed by atoms with Crippen LogP contribution in [0.2, 0.25) is 0 Å². The van der Waals surface area contributed by atoms with E-state index in [0.29, 0.717) is 19.8 Å². The molecule has 0 atom stereocenters. The fourth-order valence-corrected chi connectivity index (χ4v) is 1.83. The third-order valence-corrected chi connectivity index (χ3v) is 2.58. The van der Waals surface area contributed by atoms with Crippen molar-refractivity contribution in [1.82, 2.24) is 0 Å². The molecule has 0 aromatic heterocycles. The molecule has 0 saturated carbocycles. The molecular weight excluding hydrogens is 214 g/mol. The molecule has 2 N–H and O–H groups in total. The third-order valence-electron chi connectivity index (χ3n) is 2.58. The first-order valence-electron chi connectivity index (χ1n) is 6.19. The van der Waals surface area contributed by atoms with Gasteiger partial charge in [-0.3, -0.25) is 0 Å². The molecular formula is C14H23NO2. The van der Waals surface area contributed by atoms with Crippen LogP contribution in [0, 0.1) is 13.8 Å². The highest BCUT2D eigenvalue weighted by atomic mass is 16.5. The average molecular weight is 237 g/mol. The number of aryl methyl sites for hydroxylation is 2. The van der Waals surface area contributed by atoms with Crippen LogP contribution >= 0.6 is 0 Å². The maximum atomic E-state index is 5.75. The summed E-state index contributed by atoms with van der Waals surface area (Å²) in [6.07, 6.45) is 1.04. The SMILES string of the molecule is CCCOCCOc1c(C)cc(CN)cc1C. The molecule has 0 fully saturated rings. The Balaban J connectivity index is 2.53. The van der Waals surface area contributed by atoms with Gasteiger partial charge in [-0.05, 0) is 37.0 Å². The summed E-state index contributed by atoms with van der Waals surface area (Å²) in [5.41, 5.74) is 9.06. The van der Waals surface area contributed by atoms with Crippen molar-refractivity contribution >= 4 is 0 Å². The summed E-state index contributed by atoms with van der Waals surface area (Å²) in [5, 5.41) is 0. The Bertz CT molecular complexity index is 327. The predicted octanol–water partition coefficient (Wildman–Crippen LogP) is 2.57. The number of ether oxygens (including phenoxy) is 2. The molecule has 1 aromatic carbocycles. The van der Waals surface area contributed by atoms with Crippen molar-refractivity contribution in [3.05, 3.63) is 28.8 Å². The summed E-state index contributed by atoms with van der Waals surface area (Å²) >= 11 is 0. The Hall–Kier alpha value is -1.06. The van der Waals surface area contributed by atoms with Crippen molar-refractivity contribution in [3.8, 4) is 5.75 Å². The Morgan fingerprint density at radius 3 is 2.24 bits per heavy atom. The number of hydrogen-bond donors (Lipinski definition) is 1. The Morgan fingerprint density at radius 2 is 1.71 bits per heavy atom. The molecule has 0 radical (unpaired) electrons. The molecule has 1 aromatic rings. The molecule has 3 nitrogen and oxygen atoms in total. The molecule has 0 amide bonds. The van der Waals surface area contributed by atoms with E-state index < -0.39 is 0 Å². The van der Waals surface area contributed by atoms with Crippen LogP contribution in [0.1, 0.15) is 30.0 Å². The van der Waals surface area contributed by atoms with Crippen molar-refractivity contribution in [2.45, 2.75) is 33.7 Å². The van der Waals surface area contributed by atoms with Crippen LogP contribution in [0.5, 0.6) is 5.75 Å². The smallest absolute Gasteiger partial charge is 0.125 e. The van der Waals surface area contributed by atoms with Gasteiger partial charge in [-0.15, -0.1) is 0 Å². The lowest BCUT2D eigenvalue weighted by molar-refractivity contribution is 0.100. The normalized spacial score (nSPS) is 10.6. The molecule has 96 valence electrons. The van der Waals surface area contributed by atoms with E-state index in [9.17, 15) is 0 Å². The second-order valence-electron chi connectivity index (χ2n) is 4.22. The molecule has 0 aliphatic heterocycles. The van der Waals surface area contributed by atoms with Crippen LogP contribution in [0.15, 0.2) is 12.1 Å². The molecule has 1 rings (SSSR count). The van der Waals surface area contributed by atoms with Crippen molar-refractivity contribution < 1.29 is 9.47 Å². The minimum Gasteiger partial charge on any atom is -0.491 e. The predicted molar refractivity (Wildman–Crippen MR) is 70.4 cm³/mol. The number of nitrogens with two attached hydrogens (primary N) is 1.